The van der Waals surface area contributed by atoms with Gasteiger partial charge in [0.15, 0.2) is 0 Å². The monoisotopic (exact) mass is 149 g/mol. The van der Waals surface area contributed by atoms with E-state index >= 15 is 0 Å². The van der Waals surface area contributed by atoms with Crippen LogP contribution in [0.4, 0.5) is 0 Å². The maximum atomic E-state index is 11.4. The lowest BCUT2D eigenvalue weighted by atomic mass is 9.59. The van der Waals surface area contributed by atoms with Crippen LogP contribution in [0.1, 0.15) is 25.7 Å². The van der Waals surface area contributed by atoms with Gasteiger partial charge in [0.05, 0.1) is 5.41 Å². The molecule has 3 rings (SSSR count). The van der Waals surface area contributed by atoms with E-state index in [1.165, 1.54) is 12.1 Å². The molecule has 0 aromatic heterocycles. The normalized spacial score (nSPS) is 46.4. The van der Waals surface area contributed by atoms with Crippen molar-refractivity contribution in [2.24, 2.45) is 16.3 Å². The highest BCUT2D eigenvalue weighted by Gasteiger charge is 2.61. The minimum Gasteiger partial charge on any atom is -0.299 e. The average Bonchev–Trinajstić information content (AvgIpc) is 2.50. The van der Waals surface area contributed by atoms with Crippen LogP contribution in [-0.2, 0) is 4.79 Å². The number of hydrogen-bond donors (Lipinski definition) is 0. The van der Waals surface area contributed by atoms with E-state index in [0.29, 0.717) is 11.7 Å². The summed E-state index contributed by atoms with van der Waals surface area (Å²) in [6.45, 7) is 0.946. The van der Waals surface area contributed by atoms with Crippen LogP contribution in [-0.4, -0.2) is 18.0 Å². The predicted molar refractivity (Wildman–Crippen MR) is 41.7 cm³/mol. The third-order valence-electron chi connectivity index (χ3n) is 3.63. The Morgan fingerprint density at radius 1 is 1.55 bits per heavy atom. The van der Waals surface area contributed by atoms with Crippen molar-refractivity contribution in [1.82, 2.24) is 0 Å². The van der Waals surface area contributed by atoms with Crippen LogP contribution in [0, 0.1) is 11.3 Å². The molecule has 1 aliphatic heterocycles. The van der Waals surface area contributed by atoms with Crippen molar-refractivity contribution in [3.8, 4) is 0 Å². The van der Waals surface area contributed by atoms with Gasteiger partial charge in [0.1, 0.15) is 5.78 Å². The Morgan fingerprint density at radius 3 is 3.18 bits per heavy atom. The summed E-state index contributed by atoms with van der Waals surface area (Å²) in [4.78, 5) is 15.9. The molecule has 3 aliphatic rings. The Labute approximate surface area is 65.7 Å². The standard InChI is InChI=1S/C9H11NO/c11-8-4-6-5-10-7-2-1-3-9(6,7)8/h6H,1-5H2. The number of carbonyl (C=O) groups excluding carboxylic acids is 1. The van der Waals surface area contributed by atoms with Gasteiger partial charge in [0.25, 0.3) is 0 Å². The molecule has 2 unspecified atom stereocenters. The fourth-order valence-corrected chi connectivity index (χ4v) is 2.98. The van der Waals surface area contributed by atoms with Crippen molar-refractivity contribution in [3.05, 3.63) is 0 Å². The van der Waals surface area contributed by atoms with E-state index in [2.05, 4.69) is 4.99 Å². The Bertz CT molecular complexity index is 269. The zero-order valence-corrected chi connectivity index (χ0v) is 6.47. The first kappa shape index (κ1) is 5.92. The summed E-state index contributed by atoms with van der Waals surface area (Å²) in [5, 5.41) is 0. The fraction of sp³-hybridized carbons (Fsp3) is 0.778. The second-order valence-corrected chi connectivity index (χ2v) is 3.94. The molecular formula is C9H11NO. The summed E-state index contributed by atoms with van der Waals surface area (Å²) in [7, 11) is 0. The number of ketones is 1. The maximum Gasteiger partial charge on any atom is 0.145 e. The molecule has 11 heavy (non-hydrogen) atoms. The Balaban J connectivity index is 2.12. The molecule has 2 fully saturated rings. The van der Waals surface area contributed by atoms with E-state index in [1.807, 2.05) is 0 Å². The molecule has 0 bridgehead atoms. The number of carbonyl (C=O) groups is 1. The first-order chi connectivity index (χ1) is 5.34. The maximum absolute atomic E-state index is 11.4. The molecule has 2 aliphatic carbocycles. The summed E-state index contributed by atoms with van der Waals surface area (Å²) in [5.74, 6) is 1.10. The fourth-order valence-electron chi connectivity index (χ4n) is 2.98. The van der Waals surface area contributed by atoms with Crippen molar-refractivity contribution < 1.29 is 4.79 Å². The molecule has 58 valence electrons. The van der Waals surface area contributed by atoms with Gasteiger partial charge in [0, 0.05) is 24.6 Å². The number of aliphatic imine (C=N–C) groups is 1. The van der Waals surface area contributed by atoms with E-state index in [4.69, 9.17) is 0 Å². The first-order valence-electron chi connectivity index (χ1n) is 4.41. The number of nitrogens with zero attached hydrogens (tertiary/aromatic N) is 1. The van der Waals surface area contributed by atoms with E-state index in [9.17, 15) is 4.79 Å². The zero-order valence-electron chi connectivity index (χ0n) is 6.47. The minimum atomic E-state index is 0.0139. The first-order valence-corrected chi connectivity index (χ1v) is 4.41. The molecule has 0 N–H and O–H groups in total. The van der Waals surface area contributed by atoms with Crippen LogP contribution >= 0.6 is 0 Å². The molecule has 0 aromatic rings. The molecule has 0 radical (unpaired) electrons. The van der Waals surface area contributed by atoms with E-state index in [1.54, 1.807) is 0 Å². The molecule has 0 saturated heterocycles. The van der Waals surface area contributed by atoms with Gasteiger partial charge in [0.2, 0.25) is 0 Å². The third kappa shape index (κ3) is 0.453. The van der Waals surface area contributed by atoms with Crippen LogP contribution in [0.25, 0.3) is 0 Å². The van der Waals surface area contributed by atoms with E-state index < -0.39 is 0 Å². The molecule has 1 heterocycles. The van der Waals surface area contributed by atoms with Crippen molar-refractivity contribution in [1.29, 1.82) is 0 Å². The number of hydrogen-bond acceptors (Lipinski definition) is 2. The van der Waals surface area contributed by atoms with Crippen molar-refractivity contribution in [2.75, 3.05) is 6.54 Å². The van der Waals surface area contributed by atoms with Gasteiger partial charge in [-0.25, -0.2) is 0 Å². The summed E-state index contributed by atoms with van der Waals surface area (Å²) in [6.07, 6.45) is 4.21. The summed E-state index contributed by atoms with van der Waals surface area (Å²) >= 11 is 0. The quantitative estimate of drug-likeness (QED) is 0.509. The molecule has 1 spiro atoms. The van der Waals surface area contributed by atoms with Crippen LogP contribution in [0.3, 0.4) is 0 Å². The van der Waals surface area contributed by atoms with Gasteiger partial charge in [-0.3, -0.25) is 9.79 Å². The smallest absolute Gasteiger partial charge is 0.145 e. The van der Waals surface area contributed by atoms with Gasteiger partial charge in [-0.15, -0.1) is 0 Å². The second-order valence-electron chi connectivity index (χ2n) is 3.94. The van der Waals surface area contributed by atoms with Crippen LogP contribution in [0.2, 0.25) is 0 Å². The highest BCUT2D eigenvalue weighted by Crippen LogP contribution is 2.56. The molecule has 2 atom stereocenters. The van der Waals surface area contributed by atoms with Crippen molar-refractivity contribution in [2.45, 2.75) is 25.7 Å². The zero-order chi connectivity index (χ0) is 7.47. The van der Waals surface area contributed by atoms with E-state index in [0.717, 1.165) is 25.8 Å². The SMILES string of the molecule is O=C1CC2CN=C3CCCC132. The predicted octanol–water partition coefficient (Wildman–Crippen LogP) is 1.20. The Hall–Kier alpha value is -0.660. The largest absolute Gasteiger partial charge is 0.299 e. The highest BCUT2D eigenvalue weighted by molar-refractivity contribution is 6.16. The summed E-state index contributed by atoms with van der Waals surface area (Å²) in [5.41, 5.74) is 1.26. The minimum absolute atomic E-state index is 0.0139. The lowest BCUT2D eigenvalue weighted by molar-refractivity contribution is -0.137. The lowest BCUT2D eigenvalue weighted by Gasteiger charge is -2.40. The van der Waals surface area contributed by atoms with Gasteiger partial charge < -0.3 is 0 Å². The van der Waals surface area contributed by atoms with Gasteiger partial charge in [-0.2, -0.15) is 0 Å². The lowest BCUT2D eigenvalue weighted by Crippen LogP contribution is -2.50. The Morgan fingerprint density at radius 2 is 2.45 bits per heavy atom. The van der Waals surface area contributed by atoms with Gasteiger partial charge in [-0.05, 0) is 19.3 Å². The third-order valence-corrected chi connectivity index (χ3v) is 3.63. The molecule has 2 nitrogen and oxygen atoms in total. The van der Waals surface area contributed by atoms with E-state index in [-0.39, 0.29) is 5.41 Å². The van der Waals surface area contributed by atoms with Gasteiger partial charge in [-0.1, -0.05) is 0 Å². The molecule has 2 heteroatoms. The second kappa shape index (κ2) is 1.57. The van der Waals surface area contributed by atoms with Gasteiger partial charge >= 0.3 is 0 Å². The molecule has 2 saturated carbocycles. The van der Waals surface area contributed by atoms with Crippen LogP contribution in [0.5, 0.6) is 0 Å². The molecule has 0 amide bonds. The summed E-state index contributed by atoms with van der Waals surface area (Å²) in [6, 6.07) is 0. The van der Waals surface area contributed by atoms with Crippen molar-refractivity contribution >= 4 is 11.5 Å². The van der Waals surface area contributed by atoms with Crippen LogP contribution < -0.4 is 0 Å². The molecule has 0 aromatic carbocycles. The topological polar surface area (TPSA) is 29.4 Å². The average molecular weight is 149 g/mol. The summed E-state index contributed by atoms with van der Waals surface area (Å²) < 4.78 is 0. The Kier molecular flexibility index (Phi) is 0.846. The number of rotatable bonds is 0. The molecular weight excluding hydrogens is 138 g/mol. The highest BCUT2D eigenvalue weighted by atomic mass is 16.1. The number of Topliss-reactive ketones (excluding diaryl/α,β-unsaturated/α-hetero) is 1. The van der Waals surface area contributed by atoms with Crippen molar-refractivity contribution in [3.63, 3.8) is 0 Å². The van der Waals surface area contributed by atoms with Crippen LogP contribution in [0.15, 0.2) is 4.99 Å².